The minimum absolute atomic E-state index is 0.115. The van der Waals surface area contributed by atoms with Crippen molar-refractivity contribution in [3.8, 4) is 11.1 Å². The van der Waals surface area contributed by atoms with Gasteiger partial charge in [0.15, 0.2) is 0 Å². The third-order valence-electron chi connectivity index (χ3n) is 4.44. The van der Waals surface area contributed by atoms with Crippen LogP contribution in [0.25, 0.3) is 16.8 Å². The topological polar surface area (TPSA) is 88.4 Å². The number of rotatable bonds is 3. The standard InChI is InChI=1S/C22H19N5O2/c1-14-3-6-18(7-4-14)25-22(29)26-19-8-5-17(13-23-19)16-9-10-27-20(12-16)24-15(2)11-21(27)28/h3-13H,1-2H3,(H2,23,25,26,29). The van der Waals surface area contributed by atoms with E-state index in [4.69, 9.17) is 0 Å². The Balaban J connectivity index is 1.50. The summed E-state index contributed by atoms with van der Waals surface area (Å²) in [6.07, 6.45) is 3.36. The molecule has 0 aliphatic rings. The molecule has 0 aliphatic carbocycles. The van der Waals surface area contributed by atoms with Gasteiger partial charge in [0.05, 0.1) is 0 Å². The third-order valence-corrected chi connectivity index (χ3v) is 4.44. The second-order valence-electron chi connectivity index (χ2n) is 6.76. The number of aromatic nitrogens is 3. The van der Waals surface area contributed by atoms with Gasteiger partial charge in [-0.3, -0.25) is 14.5 Å². The summed E-state index contributed by atoms with van der Waals surface area (Å²) in [4.78, 5) is 32.8. The lowest BCUT2D eigenvalue weighted by Crippen LogP contribution is -2.20. The van der Waals surface area contributed by atoms with Crippen LogP contribution in [0, 0.1) is 13.8 Å². The third kappa shape index (κ3) is 4.14. The summed E-state index contributed by atoms with van der Waals surface area (Å²) in [6.45, 7) is 3.78. The fraction of sp³-hybridized carbons (Fsp3) is 0.0909. The van der Waals surface area contributed by atoms with Crippen LogP contribution in [0.5, 0.6) is 0 Å². The predicted octanol–water partition coefficient (Wildman–Crippen LogP) is 4.02. The van der Waals surface area contributed by atoms with Crippen molar-refractivity contribution in [3.05, 3.63) is 88.6 Å². The molecule has 0 spiro atoms. The molecular formula is C22H19N5O2. The zero-order valence-corrected chi connectivity index (χ0v) is 16.0. The maximum absolute atomic E-state index is 12.1. The molecule has 29 heavy (non-hydrogen) atoms. The van der Waals surface area contributed by atoms with Crippen LogP contribution in [0.1, 0.15) is 11.3 Å². The van der Waals surface area contributed by atoms with Crippen molar-refractivity contribution in [3.63, 3.8) is 0 Å². The zero-order chi connectivity index (χ0) is 20.4. The molecule has 3 heterocycles. The van der Waals surface area contributed by atoms with Gasteiger partial charge >= 0.3 is 6.03 Å². The second-order valence-corrected chi connectivity index (χ2v) is 6.76. The number of amides is 2. The lowest BCUT2D eigenvalue weighted by molar-refractivity contribution is 0.262. The number of urea groups is 1. The number of pyridine rings is 2. The van der Waals surface area contributed by atoms with Crippen LogP contribution in [0.2, 0.25) is 0 Å². The molecule has 0 radical (unpaired) electrons. The fourth-order valence-electron chi connectivity index (χ4n) is 2.96. The van der Waals surface area contributed by atoms with Crippen molar-refractivity contribution in [2.75, 3.05) is 10.6 Å². The second kappa shape index (κ2) is 7.55. The molecule has 0 saturated carbocycles. The lowest BCUT2D eigenvalue weighted by atomic mass is 10.1. The van der Waals surface area contributed by atoms with E-state index in [1.54, 1.807) is 25.4 Å². The zero-order valence-electron chi connectivity index (χ0n) is 16.0. The van der Waals surface area contributed by atoms with Crippen LogP contribution < -0.4 is 16.2 Å². The molecule has 7 nitrogen and oxygen atoms in total. The average Bonchev–Trinajstić information content (AvgIpc) is 2.69. The molecule has 0 unspecified atom stereocenters. The number of benzene rings is 1. The molecule has 0 atom stereocenters. The van der Waals surface area contributed by atoms with E-state index in [2.05, 4.69) is 20.6 Å². The van der Waals surface area contributed by atoms with E-state index in [-0.39, 0.29) is 11.6 Å². The summed E-state index contributed by atoms with van der Waals surface area (Å²) in [7, 11) is 0. The van der Waals surface area contributed by atoms with Crippen molar-refractivity contribution in [2.45, 2.75) is 13.8 Å². The Bertz CT molecular complexity index is 1250. The van der Waals surface area contributed by atoms with E-state index in [9.17, 15) is 9.59 Å². The summed E-state index contributed by atoms with van der Waals surface area (Å²) in [5, 5.41) is 5.47. The van der Waals surface area contributed by atoms with Crippen molar-refractivity contribution in [1.82, 2.24) is 14.4 Å². The van der Waals surface area contributed by atoms with E-state index in [1.807, 2.05) is 49.4 Å². The Morgan fingerprint density at radius 1 is 0.931 bits per heavy atom. The van der Waals surface area contributed by atoms with Crippen LogP contribution in [0.15, 0.2) is 71.8 Å². The van der Waals surface area contributed by atoms with Crippen LogP contribution in [0.4, 0.5) is 16.3 Å². The van der Waals surface area contributed by atoms with Gasteiger partial charge in [-0.1, -0.05) is 17.7 Å². The summed E-state index contributed by atoms with van der Waals surface area (Å²) in [5.41, 5.74) is 4.70. The fourth-order valence-corrected chi connectivity index (χ4v) is 2.96. The van der Waals surface area contributed by atoms with Gasteiger partial charge in [0, 0.05) is 35.4 Å². The highest BCUT2D eigenvalue weighted by molar-refractivity contribution is 5.99. The van der Waals surface area contributed by atoms with E-state index >= 15 is 0 Å². The molecule has 144 valence electrons. The van der Waals surface area contributed by atoms with Crippen LogP contribution in [-0.2, 0) is 0 Å². The van der Waals surface area contributed by atoms with Gasteiger partial charge in [-0.25, -0.2) is 14.8 Å². The highest BCUT2D eigenvalue weighted by atomic mass is 16.2. The first-order valence-corrected chi connectivity index (χ1v) is 9.09. The molecule has 0 fully saturated rings. The SMILES string of the molecule is Cc1ccc(NC(=O)Nc2ccc(-c3ccn4c(=O)cc(C)nc4c3)cn2)cc1. The van der Waals surface area contributed by atoms with Gasteiger partial charge in [0.25, 0.3) is 5.56 Å². The minimum atomic E-state index is -0.362. The molecule has 4 rings (SSSR count). The van der Waals surface area contributed by atoms with Crippen LogP contribution in [-0.4, -0.2) is 20.4 Å². The van der Waals surface area contributed by atoms with Crippen molar-refractivity contribution in [2.24, 2.45) is 0 Å². The van der Waals surface area contributed by atoms with Gasteiger partial charge in [0.1, 0.15) is 11.5 Å². The largest absolute Gasteiger partial charge is 0.324 e. The number of aryl methyl sites for hydroxylation is 2. The predicted molar refractivity (Wildman–Crippen MR) is 113 cm³/mol. The summed E-state index contributed by atoms with van der Waals surface area (Å²) in [5.74, 6) is 0.435. The monoisotopic (exact) mass is 385 g/mol. The van der Waals surface area contributed by atoms with Crippen LogP contribution in [0.3, 0.4) is 0 Å². The maximum atomic E-state index is 12.1. The number of nitrogens with zero attached hydrogens (tertiary/aromatic N) is 3. The van der Waals surface area contributed by atoms with E-state index in [0.717, 1.165) is 16.7 Å². The Labute approximate surface area is 167 Å². The number of hydrogen-bond acceptors (Lipinski definition) is 4. The van der Waals surface area contributed by atoms with E-state index < -0.39 is 0 Å². The Hall–Kier alpha value is -4.00. The molecule has 7 heteroatoms. The van der Waals surface area contributed by atoms with Crippen LogP contribution >= 0.6 is 0 Å². The highest BCUT2D eigenvalue weighted by Gasteiger charge is 2.06. The van der Waals surface area contributed by atoms with Gasteiger partial charge in [0.2, 0.25) is 0 Å². The van der Waals surface area contributed by atoms with Gasteiger partial charge < -0.3 is 5.32 Å². The van der Waals surface area contributed by atoms with E-state index in [1.165, 1.54) is 10.5 Å². The van der Waals surface area contributed by atoms with Crippen molar-refractivity contribution in [1.29, 1.82) is 0 Å². The number of nitrogens with one attached hydrogen (secondary N) is 2. The highest BCUT2D eigenvalue weighted by Crippen LogP contribution is 2.20. The molecule has 3 aromatic heterocycles. The Morgan fingerprint density at radius 3 is 2.45 bits per heavy atom. The molecule has 0 saturated heterocycles. The summed E-state index contributed by atoms with van der Waals surface area (Å²) < 4.78 is 1.50. The average molecular weight is 385 g/mol. The summed E-state index contributed by atoms with van der Waals surface area (Å²) >= 11 is 0. The quantitative estimate of drug-likeness (QED) is 0.558. The number of hydrogen-bond donors (Lipinski definition) is 2. The van der Waals surface area contributed by atoms with Crippen molar-refractivity contribution < 1.29 is 4.79 Å². The number of carbonyl (C=O) groups is 1. The maximum Gasteiger partial charge on any atom is 0.324 e. The normalized spacial score (nSPS) is 10.7. The smallest absolute Gasteiger partial charge is 0.308 e. The molecular weight excluding hydrogens is 366 g/mol. The van der Waals surface area contributed by atoms with Crippen molar-refractivity contribution >= 4 is 23.2 Å². The number of fused-ring (bicyclic) bond motifs is 1. The molecule has 4 aromatic rings. The Kier molecular flexibility index (Phi) is 4.78. The minimum Gasteiger partial charge on any atom is -0.308 e. The molecule has 2 N–H and O–H groups in total. The molecule has 0 aliphatic heterocycles. The first-order valence-electron chi connectivity index (χ1n) is 9.09. The first kappa shape index (κ1) is 18.4. The summed E-state index contributed by atoms with van der Waals surface area (Å²) in [6, 6.07) is 15.9. The number of anilines is 2. The van der Waals surface area contributed by atoms with Gasteiger partial charge in [-0.15, -0.1) is 0 Å². The molecule has 1 aromatic carbocycles. The van der Waals surface area contributed by atoms with Gasteiger partial charge in [-0.2, -0.15) is 0 Å². The Morgan fingerprint density at radius 2 is 1.72 bits per heavy atom. The lowest BCUT2D eigenvalue weighted by Gasteiger charge is -2.09. The van der Waals surface area contributed by atoms with E-state index in [0.29, 0.717) is 22.8 Å². The molecule has 2 amide bonds. The first-order chi connectivity index (χ1) is 14.0. The number of carbonyl (C=O) groups excluding carboxylic acids is 1. The van der Waals surface area contributed by atoms with Gasteiger partial charge in [-0.05, 0) is 55.8 Å². The molecule has 0 bridgehead atoms.